The van der Waals surface area contributed by atoms with Gasteiger partial charge in [-0.25, -0.2) is 18.6 Å². The molecule has 0 aliphatic carbocycles. The number of hydrogen-bond donors (Lipinski definition) is 3. The van der Waals surface area contributed by atoms with Crippen LogP contribution in [0.3, 0.4) is 0 Å². The molecule has 1 amide bonds. The Morgan fingerprint density at radius 3 is 2.50 bits per heavy atom. The molecule has 0 spiro atoms. The number of hydrogen-bond acceptors (Lipinski definition) is 5. The Labute approximate surface area is 168 Å². The van der Waals surface area contributed by atoms with Crippen LogP contribution in [0, 0.1) is 11.6 Å². The lowest BCUT2D eigenvalue weighted by atomic mass is 10.1. The number of carbonyl (C=O) groups excluding carboxylic acids is 1. The molecular weight excluding hydrogens is 424 g/mol. The Hall–Kier alpha value is -3.58. The van der Waals surface area contributed by atoms with Gasteiger partial charge in [0.2, 0.25) is 0 Å². The maximum atomic E-state index is 15.0. The number of halogens is 2. The van der Waals surface area contributed by atoms with Crippen molar-refractivity contribution < 1.29 is 31.9 Å². The van der Waals surface area contributed by atoms with Crippen molar-refractivity contribution >= 4 is 38.8 Å². The molecule has 158 valence electrons. The molecule has 0 radical (unpaired) electrons. The molecule has 2 aromatic heterocycles. The van der Waals surface area contributed by atoms with E-state index < -0.39 is 45.0 Å². The molecule has 0 aliphatic rings. The number of pyridine rings is 1. The third-order valence-electron chi connectivity index (χ3n) is 4.19. The van der Waals surface area contributed by atoms with Gasteiger partial charge in [-0.1, -0.05) is 0 Å². The number of nitrogens with two attached hydrogens (primary N) is 1. The van der Waals surface area contributed by atoms with Gasteiger partial charge in [0.05, 0.1) is 11.3 Å². The lowest BCUT2D eigenvalue weighted by Gasteiger charge is -2.19. The summed E-state index contributed by atoms with van der Waals surface area (Å²) in [4.78, 5) is 26.6. The van der Waals surface area contributed by atoms with Gasteiger partial charge in [-0.05, 0) is 12.1 Å². The number of carbonyl (C=O) groups is 2. The number of benzene rings is 1. The summed E-state index contributed by atoms with van der Waals surface area (Å²) in [5.74, 6) is -5.47. The van der Waals surface area contributed by atoms with Crippen LogP contribution in [0.5, 0.6) is 0 Å². The van der Waals surface area contributed by atoms with Gasteiger partial charge in [-0.3, -0.25) is 14.1 Å². The van der Waals surface area contributed by atoms with Crippen LogP contribution in [0.25, 0.3) is 16.7 Å². The van der Waals surface area contributed by atoms with E-state index in [1.807, 2.05) is 4.72 Å². The van der Waals surface area contributed by atoms with Crippen LogP contribution in [-0.4, -0.2) is 53.4 Å². The minimum Gasteiger partial charge on any atom is -0.478 e. The van der Waals surface area contributed by atoms with Crippen LogP contribution in [0.4, 0.5) is 14.5 Å². The molecule has 3 rings (SSSR count). The van der Waals surface area contributed by atoms with Crippen LogP contribution in [0.15, 0.2) is 30.6 Å². The van der Waals surface area contributed by atoms with Crippen molar-refractivity contribution in [2.75, 3.05) is 18.8 Å². The van der Waals surface area contributed by atoms with Crippen molar-refractivity contribution in [2.45, 2.75) is 0 Å². The molecule has 0 saturated heterocycles. The Morgan fingerprint density at radius 1 is 1.27 bits per heavy atom. The van der Waals surface area contributed by atoms with Gasteiger partial charge in [0, 0.05) is 37.9 Å². The number of nitrogens with zero attached hydrogens (tertiary/aromatic N) is 3. The number of nitrogens with one attached hydrogen (secondary N) is 1. The summed E-state index contributed by atoms with van der Waals surface area (Å²) in [7, 11) is -1.90. The Kier molecular flexibility index (Phi) is 5.18. The second-order valence-corrected chi connectivity index (χ2v) is 8.21. The number of fused-ring (bicyclic) bond motifs is 1. The predicted molar refractivity (Wildman–Crippen MR) is 103 cm³/mol. The van der Waals surface area contributed by atoms with Crippen molar-refractivity contribution in [3.8, 4) is 5.69 Å². The van der Waals surface area contributed by atoms with Crippen molar-refractivity contribution in [1.82, 2.24) is 13.9 Å². The lowest BCUT2D eigenvalue weighted by Crippen LogP contribution is -2.30. The minimum atomic E-state index is -4.26. The SMILES string of the molecule is CN(C)S(=O)(=O)Nc1c(-n2ccc3cc(C(=O)O)cnc32)cc(F)c(C(N)=O)c1F. The topological polar surface area (TPSA) is 148 Å². The van der Waals surface area contributed by atoms with Gasteiger partial charge in [0.15, 0.2) is 5.82 Å². The van der Waals surface area contributed by atoms with Crippen molar-refractivity contribution in [2.24, 2.45) is 5.73 Å². The fraction of sp³-hybridized carbons (Fsp3) is 0.118. The predicted octanol–water partition coefficient (Wildman–Crippen LogP) is 1.32. The third kappa shape index (κ3) is 3.55. The maximum Gasteiger partial charge on any atom is 0.337 e. The average Bonchev–Trinajstić information content (AvgIpc) is 3.06. The van der Waals surface area contributed by atoms with E-state index in [-0.39, 0.29) is 16.9 Å². The summed E-state index contributed by atoms with van der Waals surface area (Å²) in [6.07, 6.45) is 2.35. The van der Waals surface area contributed by atoms with Crippen molar-refractivity contribution in [1.29, 1.82) is 0 Å². The molecule has 10 nitrogen and oxygen atoms in total. The van der Waals surface area contributed by atoms with Gasteiger partial charge < -0.3 is 10.8 Å². The zero-order valence-electron chi connectivity index (χ0n) is 15.6. The fourth-order valence-electron chi connectivity index (χ4n) is 2.68. The summed E-state index contributed by atoms with van der Waals surface area (Å²) < 4.78 is 57.9. The number of carboxylic acids is 1. The van der Waals surface area contributed by atoms with E-state index in [9.17, 15) is 22.4 Å². The quantitative estimate of drug-likeness (QED) is 0.528. The second kappa shape index (κ2) is 7.35. The monoisotopic (exact) mass is 439 g/mol. The van der Waals surface area contributed by atoms with E-state index in [2.05, 4.69) is 4.98 Å². The Bertz CT molecular complexity index is 1300. The molecule has 4 N–H and O–H groups in total. The van der Waals surface area contributed by atoms with Crippen LogP contribution in [-0.2, 0) is 10.2 Å². The molecule has 0 saturated carbocycles. The standard InChI is InChI=1S/C17H15F2N5O5S/c1-23(2)30(28,29)22-14-11(6-10(18)12(13(14)19)15(20)25)24-4-3-8-5-9(17(26)27)7-21-16(8)24/h3-7,22H,1-2H3,(H2,20,25)(H,26,27). The molecule has 0 fully saturated rings. The van der Waals surface area contributed by atoms with Crippen LogP contribution in [0.2, 0.25) is 0 Å². The zero-order valence-corrected chi connectivity index (χ0v) is 16.4. The minimum absolute atomic E-state index is 0.0935. The first-order valence-corrected chi connectivity index (χ1v) is 9.61. The molecule has 0 bridgehead atoms. The normalized spacial score (nSPS) is 11.8. The highest BCUT2D eigenvalue weighted by atomic mass is 32.2. The van der Waals surface area contributed by atoms with Crippen LogP contribution < -0.4 is 10.5 Å². The number of rotatable bonds is 6. The van der Waals surface area contributed by atoms with Gasteiger partial charge in [-0.2, -0.15) is 12.7 Å². The number of anilines is 1. The smallest absolute Gasteiger partial charge is 0.337 e. The number of aromatic nitrogens is 2. The van der Waals surface area contributed by atoms with E-state index in [0.29, 0.717) is 5.39 Å². The molecule has 1 aromatic carbocycles. The summed E-state index contributed by atoms with van der Waals surface area (Å²) in [6, 6.07) is 3.44. The van der Waals surface area contributed by atoms with Crippen LogP contribution >= 0.6 is 0 Å². The lowest BCUT2D eigenvalue weighted by molar-refractivity contribution is 0.0696. The first-order chi connectivity index (χ1) is 13.9. The van der Waals surface area contributed by atoms with Crippen molar-refractivity contribution in [3.63, 3.8) is 0 Å². The highest BCUT2D eigenvalue weighted by Gasteiger charge is 2.27. The third-order valence-corrected chi connectivity index (χ3v) is 5.61. The van der Waals surface area contributed by atoms with Gasteiger partial charge in [0.1, 0.15) is 22.7 Å². The summed E-state index contributed by atoms with van der Waals surface area (Å²) >= 11 is 0. The first-order valence-electron chi connectivity index (χ1n) is 8.17. The molecule has 3 aromatic rings. The molecule has 30 heavy (non-hydrogen) atoms. The van der Waals surface area contributed by atoms with Gasteiger partial charge >= 0.3 is 16.2 Å². The number of primary amides is 1. The summed E-state index contributed by atoms with van der Waals surface area (Å²) in [5, 5.41) is 9.39. The molecule has 0 atom stereocenters. The first kappa shape index (κ1) is 21.1. The van der Waals surface area contributed by atoms with E-state index in [0.717, 1.165) is 21.1 Å². The Morgan fingerprint density at radius 2 is 1.93 bits per heavy atom. The highest BCUT2D eigenvalue weighted by molar-refractivity contribution is 7.90. The largest absolute Gasteiger partial charge is 0.478 e. The summed E-state index contributed by atoms with van der Waals surface area (Å²) in [5.41, 5.74) is 2.83. The maximum absolute atomic E-state index is 15.0. The van der Waals surface area contributed by atoms with E-state index in [1.165, 1.54) is 32.4 Å². The van der Waals surface area contributed by atoms with Gasteiger partial charge in [0.25, 0.3) is 5.91 Å². The number of aromatic carboxylic acids is 1. The number of amides is 1. The number of carboxylic acid groups (broad SMARTS) is 1. The average molecular weight is 439 g/mol. The van der Waals surface area contributed by atoms with Gasteiger partial charge in [-0.15, -0.1) is 0 Å². The van der Waals surface area contributed by atoms with E-state index in [4.69, 9.17) is 10.8 Å². The molecule has 13 heteroatoms. The molecule has 2 heterocycles. The Balaban J connectivity index is 2.33. The highest BCUT2D eigenvalue weighted by Crippen LogP contribution is 2.32. The summed E-state index contributed by atoms with van der Waals surface area (Å²) in [6.45, 7) is 0. The van der Waals surface area contributed by atoms with E-state index >= 15 is 4.39 Å². The van der Waals surface area contributed by atoms with E-state index in [1.54, 1.807) is 0 Å². The zero-order chi connectivity index (χ0) is 22.4. The van der Waals surface area contributed by atoms with Crippen molar-refractivity contribution in [3.05, 3.63) is 53.4 Å². The molecule has 0 unspecified atom stereocenters. The fourth-order valence-corrected chi connectivity index (χ4v) is 3.31. The molecular formula is C17H15F2N5O5S. The second-order valence-electron chi connectivity index (χ2n) is 6.32. The molecule has 0 aliphatic heterocycles. The van der Waals surface area contributed by atoms with Crippen LogP contribution in [0.1, 0.15) is 20.7 Å².